The van der Waals surface area contributed by atoms with Crippen molar-refractivity contribution in [2.75, 3.05) is 5.73 Å². The number of nitrogens with one attached hydrogen (secondary N) is 5. The van der Waals surface area contributed by atoms with E-state index in [1.165, 1.54) is 11.3 Å². The molecule has 4 heterocycles. The number of nitrogen functional groups attached to an aromatic ring is 1. The molecule has 132 valence electrons. The van der Waals surface area contributed by atoms with E-state index >= 15 is 0 Å². The molecule has 0 aliphatic carbocycles. The highest BCUT2D eigenvalue weighted by Crippen LogP contribution is 2.38. The molecule has 0 bridgehead atoms. The summed E-state index contributed by atoms with van der Waals surface area (Å²) in [5.41, 5.74) is 3.73. The topological polar surface area (TPSA) is 173 Å². The van der Waals surface area contributed by atoms with E-state index in [0.717, 1.165) is 9.75 Å². The van der Waals surface area contributed by atoms with Crippen molar-refractivity contribution in [2.45, 2.75) is 6.92 Å². The number of hydrogen-bond acceptors (Lipinski definition) is 6. The van der Waals surface area contributed by atoms with Gasteiger partial charge in [0.05, 0.1) is 21.5 Å². The van der Waals surface area contributed by atoms with E-state index in [0.29, 0.717) is 5.69 Å². The van der Waals surface area contributed by atoms with Crippen LogP contribution in [0.25, 0.3) is 32.7 Å². The third kappa shape index (κ3) is 2.33. The first-order valence-electron chi connectivity index (χ1n) is 7.42. The summed E-state index contributed by atoms with van der Waals surface area (Å²) in [6, 6.07) is 3.69. The number of anilines is 1. The van der Waals surface area contributed by atoms with Crippen LogP contribution < -0.4 is 28.2 Å². The van der Waals surface area contributed by atoms with Gasteiger partial charge in [-0.1, -0.05) is 0 Å². The number of rotatable bonds is 2. The van der Waals surface area contributed by atoms with Gasteiger partial charge in [-0.15, -0.1) is 11.3 Å². The average Bonchev–Trinajstić information content (AvgIpc) is 3.10. The zero-order valence-corrected chi connectivity index (χ0v) is 14.1. The van der Waals surface area contributed by atoms with Gasteiger partial charge in [0.1, 0.15) is 11.5 Å². The Bertz CT molecular complexity index is 1400. The maximum absolute atomic E-state index is 12.4. The molecule has 0 radical (unpaired) electrons. The summed E-state index contributed by atoms with van der Waals surface area (Å²) in [4.78, 5) is 61.7. The molecule has 0 spiro atoms. The molecule has 4 rings (SSSR count). The van der Waals surface area contributed by atoms with Crippen LogP contribution in [-0.4, -0.2) is 24.9 Å². The largest absolute Gasteiger partial charge is 0.384 e. The minimum Gasteiger partial charge on any atom is -0.384 e. The van der Waals surface area contributed by atoms with Crippen LogP contribution in [0.4, 0.5) is 5.82 Å². The van der Waals surface area contributed by atoms with Crippen molar-refractivity contribution in [3.05, 3.63) is 58.7 Å². The molecule has 7 N–H and O–H groups in total. The molecular formula is C15H12N6O4S. The monoisotopic (exact) mass is 372 g/mol. The van der Waals surface area contributed by atoms with Gasteiger partial charge in [-0.25, -0.2) is 9.59 Å². The number of fused-ring (bicyclic) bond motifs is 1. The number of H-pyrrole nitrogens is 5. The lowest BCUT2D eigenvalue weighted by atomic mass is 10.0. The van der Waals surface area contributed by atoms with E-state index < -0.39 is 22.5 Å². The van der Waals surface area contributed by atoms with Crippen molar-refractivity contribution >= 4 is 28.2 Å². The first kappa shape index (κ1) is 15.9. The van der Waals surface area contributed by atoms with E-state index in [1.807, 2.05) is 19.1 Å². The highest BCUT2D eigenvalue weighted by Gasteiger charge is 2.24. The second-order valence-electron chi connectivity index (χ2n) is 5.64. The summed E-state index contributed by atoms with van der Waals surface area (Å²) < 4.78 is 0. The van der Waals surface area contributed by atoms with E-state index in [9.17, 15) is 19.2 Å². The Hall–Kier alpha value is -3.60. The minimum atomic E-state index is -0.757. The summed E-state index contributed by atoms with van der Waals surface area (Å²) in [6.07, 6.45) is 0. The summed E-state index contributed by atoms with van der Waals surface area (Å²) in [7, 11) is 0. The molecule has 26 heavy (non-hydrogen) atoms. The molecule has 4 aromatic rings. The van der Waals surface area contributed by atoms with Gasteiger partial charge < -0.3 is 10.7 Å². The molecule has 0 amide bonds. The smallest absolute Gasteiger partial charge is 0.327 e. The van der Waals surface area contributed by atoms with Gasteiger partial charge in [-0.05, 0) is 19.1 Å². The number of aromatic nitrogens is 5. The number of hydrogen-bond donors (Lipinski definition) is 6. The first-order valence-corrected chi connectivity index (χ1v) is 8.24. The van der Waals surface area contributed by atoms with Crippen LogP contribution in [0.1, 0.15) is 4.88 Å². The first-order chi connectivity index (χ1) is 12.3. The van der Waals surface area contributed by atoms with Crippen LogP contribution in [0, 0.1) is 6.92 Å². The fraction of sp³-hybridized carbons (Fsp3) is 0.0667. The molecule has 0 saturated heterocycles. The van der Waals surface area contributed by atoms with Crippen LogP contribution in [0.15, 0.2) is 31.3 Å². The summed E-state index contributed by atoms with van der Waals surface area (Å²) in [5, 5.41) is 0.0647. The summed E-state index contributed by atoms with van der Waals surface area (Å²) >= 11 is 1.43. The molecule has 10 nitrogen and oxygen atoms in total. The van der Waals surface area contributed by atoms with Crippen molar-refractivity contribution in [1.82, 2.24) is 24.9 Å². The zero-order valence-electron chi connectivity index (χ0n) is 13.3. The fourth-order valence-electron chi connectivity index (χ4n) is 2.89. The standard InChI is InChI=1S/C15H12N6O4S/c1-4-2-3-5(26-4)9-6(7-10(16)18-14(24)20-12(7)22)8-11(17-9)19-15(25)21-13(8)23/h2-3H,1H3,(H4,16,18,20,22,24)(H3,17,19,21,23,25). The van der Waals surface area contributed by atoms with Crippen molar-refractivity contribution in [3.8, 4) is 21.7 Å². The lowest BCUT2D eigenvalue weighted by Crippen LogP contribution is -2.26. The van der Waals surface area contributed by atoms with Crippen molar-refractivity contribution in [3.63, 3.8) is 0 Å². The molecular weight excluding hydrogens is 360 g/mol. The Labute approximate surface area is 146 Å². The molecule has 0 fully saturated rings. The van der Waals surface area contributed by atoms with E-state index in [1.54, 1.807) is 0 Å². The maximum atomic E-state index is 12.4. The van der Waals surface area contributed by atoms with Crippen molar-refractivity contribution in [1.29, 1.82) is 0 Å². The van der Waals surface area contributed by atoms with Crippen LogP contribution in [0.5, 0.6) is 0 Å². The Morgan fingerprint density at radius 1 is 0.846 bits per heavy atom. The van der Waals surface area contributed by atoms with Crippen LogP contribution in [0.2, 0.25) is 0 Å². The Morgan fingerprint density at radius 3 is 2.19 bits per heavy atom. The van der Waals surface area contributed by atoms with E-state index in [4.69, 9.17) is 5.73 Å². The quantitative estimate of drug-likeness (QED) is 0.294. The normalized spacial score (nSPS) is 11.3. The van der Waals surface area contributed by atoms with Crippen molar-refractivity contribution in [2.24, 2.45) is 0 Å². The van der Waals surface area contributed by atoms with Gasteiger partial charge in [0.2, 0.25) is 0 Å². The lowest BCUT2D eigenvalue weighted by Gasteiger charge is -2.05. The van der Waals surface area contributed by atoms with Crippen LogP contribution in [-0.2, 0) is 0 Å². The molecule has 0 unspecified atom stereocenters. The minimum absolute atomic E-state index is 0.0607. The van der Waals surface area contributed by atoms with Gasteiger partial charge in [0.15, 0.2) is 0 Å². The fourth-order valence-corrected chi connectivity index (χ4v) is 3.76. The molecule has 0 saturated carbocycles. The summed E-state index contributed by atoms with van der Waals surface area (Å²) in [5.74, 6) is -0.181. The zero-order chi connectivity index (χ0) is 18.6. The van der Waals surface area contributed by atoms with Gasteiger partial charge in [-0.2, -0.15) is 0 Å². The number of aryl methyl sites for hydroxylation is 1. The summed E-state index contributed by atoms with van der Waals surface area (Å²) in [6.45, 7) is 1.91. The van der Waals surface area contributed by atoms with Crippen LogP contribution >= 0.6 is 11.3 Å². The molecule has 0 aliphatic heterocycles. The molecule has 0 aromatic carbocycles. The molecule has 4 aromatic heterocycles. The van der Waals surface area contributed by atoms with Gasteiger partial charge in [0, 0.05) is 10.4 Å². The maximum Gasteiger partial charge on any atom is 0.327 e. The molecule has 0 atom stereocenters. The molecule has 0 aliphatic rings. The number of thiophene rings is 1. The Morgan fingerprint density at radius 2 is 1.54 bits per heavy atom. The van der Waals surface area contributed by atoms with Gasteiger partial charge in [-0.3, -0.25) is 29.5 Å². The number of nitrogens with two attached hydrogens (primary N) is 1. The second-order valence-corrected chi connectivity index (χ2v) is 6.93. The predicted octanol–water partition coefficient (Wildman–Crippen LogP) is 0.207. The highest BCUT2D eigenvalue weighted by molar-refractivity contribution is 7.15. The van der Waals surface area contributed by atoms with E-state index in [-0.39, 0.29) is 28.0 Å². The lowest BCUT2D eigenvalue weighted by molar-refractivity contribution is 1.05. The number of aromatic amines is 5. The predicted molar refractivity (Wildman–Crippen MR) is 98.7 cm³/mol. The van der Waals surface area contributed by atoms with Gasteiger partial charge >= 0.3 is 11.4 Å². The van der Waals surface area contributed by atoms with Gasteiger partial charge in [0.25, 0.3) is 11.1 Å². The SMILES string of the molecule is Cc1ccc(-c2[nH]c3[nH]c(=O)[nH]c(=O)c3c2-c2c(N)[nH]c(=O)[nH]c2=O)s1. The average molecular weight is 372 g/mol. The third-order valence-corrected chi connectivity index (χ3v) is 4.92. The highest BCUT2D eigenvalue weighted by atomic mass is 32.1. The van der Waals surface area contributed by atoms with Crippen LogP contribution in [0.3, 0.4) is 0 Å². The van der Waals surface area contributed by atoms with Crippen molar-refractivity contribution < 1.29 is 0 Å². The molecule has 11 heteroatoms. The third-order valence-electron chi connectivity index (χ3n) is 3.90. The second kappa shape index (κ2) is 5.46. The Balaban J connectivity index is 2.24. The Kier molecular flexibility index (Phi) is 3.34. The van der Waals surface area contributed by atoms with E-state index in [2.05, 4.69) is 24.9 Å².